The van der Waals surface area contributed by atoms with E-state index >= 15 is 0 Å². The SMILES string of the molecule is Nc1nc2c(c(=O)[nH]1)CN(Cc1c(F)ccc(F)c1F)CC2. The van der Waals surface area contributed by atoms with E-state index in [2.05, 4.69) is 9.97 Å². The second-order valence-corrected chi connectivity index (χ2v) is 5.16. The highest BCUT2D eigenvalue weighted by molar-refractivity contribution is 5.28. The van der Waals surface area contributed by atoms with E-state index in [1.54, 1.807) is 4.90 Å². The molecule has 0 spiro atoms. The van der Waals surface area contributed by atoms with Gasteiger partial charge in [-0.1, -0.05) is 0 Å². The molecule has 5 nitrogen and oxygen atoms in total. The lowest BCUT2D eigenvalue weighted by Crippen LogP contribution is -2.36. The predicted octanol–water partition coefficient (Wildman–Crippen LogP) is 1.33. The normalized spacial score (nSPS) is 14.9. The summed E-state index contributed by atoms with van der Waals surface area (Å²) in [6, 6.07) is 1.64. The first-order valence-electron chi connectivity index (χ1n) is 6.68. The number of nitrogens with two attached hydrogens (primary N) is 1. The molecule has 0 bridgehead atoms. The standard InChI is InChI=1S/C14H13F3N4O/c15-9-1-2-10(16)12(17)7(9)5-21-4-3-11-8(6-21)13(22)20-14(18)19-11/h1-2H,3-6H2,(H3,18,19,20,22). The average molecular weight is 310 g/mol. The van der Waals surface area contributed by atoms with E-state index in [1.165, 1.54) is 0 Å². The van der Waals surface area contributed by atoms with Gasteiger partial charge in [-0.05, 0) is 12.1 Å². The van der Waals surface area contributed by atoms with E-state index in [4.69, 9.17) is 5.73 Å². The number of hydrogen-bond acceptors (Lipinski definition) is 4. The molecule has 0 unspecified atom stereocenters. The quantitative estimate of drug-likeness (QED) is 0.821. The van der Waals surface area contributed by atoms with Crippen molar-refractivity contribution in [2.75, 3.05) is 12.3 Å². The summed E-state index contributed by atoms with van der Waals surface area (Å²) >= 11 is 0. The number of anilines is 1. The Morgan fingerprint density at radius 2 is 2.00 bits per heavy atom. The number of hydrogen-bond donors (Lipinski definition) is 2. The van der Waals surface area contributed by atoms with Crippen LogP contribution in [0.1, 0.15) is 16.8 Å². The largest absolute Gasteiger partial charge is 0.369 e. The second-order valence-electron chi connectivity index (χ2n) is 5.16. The molecule has 3 N–H and O–H groups in total. The maximum Gasteiger partial charge on any atom is 0.257 e. The molecule has 2 heterocycles. The van der Waals surface area contributed by atoms with Crippen molar-refractivity contribution in [3.05, 3.63) is 56.8 Å². The van der Waals surface area contributed by atoms with Crippen molar-refractivity contribution in [1.82, 2.24) is 14.9 Å². The number of rotatable bonds is 2. The summed E-state index contributed by atoms with van der Waals surface area (Å²) in [5, 5.41) is 0. The molecule has 0 amide bonds. The average Bonchev–Trinajstić information content (AvgIpc) is 2.48. The van der Waals surface area contributed by atoms with Crippen molar-refractivity contribution in [2.24, 2.45) is 0 Å². The number of benzene rings is 1. The lowest BCUT2D eigenvalue weighted by molar-refractivity contribution is 0.233. The van der Waals surface area contributed by atoms with Gasteiger partial charge in [-0.15, -0.1) is 0 Å². The van der Waals surface area contributed by atoms with Crippen molar-refractivity contribution in [2.45, 2.75) is 19.5 Å². The van der Waals surface area contributed by atoms with E-state index in [0.29, 0.717) is 24.2 Å². The van der Waals surface area contributed by atoms with Crippen LogP contribution in [0.5, 0.6) is 0 Å². The van der Waals surface area contributed by atoms with Crippen molar-refractivity contribution in [3.63, 3.8) is 0 Å². The molecule has 0 radical (unpaired) electrons. The predicted molar refractivity (Wildman–Crippen MR) is 73.4 cm³/mol. The van der Waals surface area contributed by atoms with E-state index in [9.17, 15) is 18.0 Å². The molecule has 8 heteroatoms. The van der Waals surface area contributed by atoms with Crippen LogP contribution in [0.4, 0.5) is 19.1 Å². The van der Waals surface area contributed by atoms with Gasteiger partial charge in [0.1, 0.15) is 5.82 Å². The third-order valence-corrected chi connectivity index (χ3v) is 3.69. The Morgan fingerprint density at radius 3 is 2.77 bits per heavy atom. The zero-order chi connectivity index (χ0) is 15.9. The van der Waals surface area contributed by atoms with Crippen LogP contribution in [0.3, 0.4) is 0 Å². The molecule has 2 aromatic rings. The van der Waals surface area contributed by atoms with Gasteiger partial charge >= 0.3 is 0 Å². The summed E-state index contributed by atoms with van der Waals surface area (Å²) in [6.07, 6.45) is 0.433. The summed E-state index contributed by atoms with van der Waals surface area (Å²) in [7, 11) is 0. The van der Waals surface area contributed by atoms with Crippen LogP contribution >= 0.6 is 0 Å². The van der Waals surface area contributed by atoms with Gasteiger partial charge in [-0.2, -0.15) is 0 Å². The number of halogens is 3. The van der Waals surface area contributed by atoms with Crippen molar-refractivity contribution >= 4 is 5.95 Å². The smallest absolute Gasteiger partial charge is 0.257 e. The molecule has 0 aliphatic carbocycles. The third kappa shape index (κ3) is 2.57. The van der Waals surface area contributed by atoms with Crippen molar-refractivity contribution in [1.29, 1.82) is 0 Å². The molecule has 0 fully saturated rings. The molecule has 1 aromatic heterocycles. The van der Waals surface area contributed by atoms with Gasteiger partial charge in [0.05, 0.1) is 11.3 Å². The van der Waals surface area contributed by atoms with Crippen LogP contribution in [0.15, 0.2) is 16.9 Å². The van der Waals surface area contributed by atoms with Gasteiger partial charge in [-0.25, -0.2) is 18.2 Å². The fourth-order valence-electron chi connectivity index (χ4n) is 2.57. The Morgan fingerprint density at radius 1 is 1.27 bits per heavy atom. The Labute approximate surface area is 123 Å². The highest BCUT2D eigenvalue weighted by Crippen LogP contribution is 2.21. The van der Waals surface area contributed by atoms with E-state index in [0.717, 1.165) is 12.1 Å². The minimum atomic E-state index is -1.20. The lowest BCUT2D eigenvalue weighted by atomic mass is 10.1. The number of nitrogens with zero attached hydrogens (tertiary/aromatic N) is 2. The van der Waals surface area contributed by atoms with Gasteiger partial charge in [0.25, 0.3) is 5.56 Å². The minimum absolute atomic E-state index is 0.0411. The van der Waals surface area contributed by atoms with E-state index < -0.39 is 17.5 Å². The summed E-state index contributed by atoms with van der Waals surface area (Å²) in [5.41, 5.74) is 5.76. The zero-order valence-corrected chi connectivity index (χ0v) is 11.5. The van der Waals surface area contributed by atoms with E-state index in [-0.39, 0.29) is 30.2 Å². The van der Waals surface area contributed by atoms with Gasteiger partial charge in [-0.3, -0.25) is 14.7 Å². The van der Waals surface area contributed by atoms with Crippen LogP contribution in [-0.2, 0) is 19.5 Å². The summed E-state index contributed by atoms with van der Waals surface area (Å²) in [6.45, 7) is 0.490. The van der Waals surface area contributed by atoms with Crippen LogP contribution in [0, 0.1) is 17.5 Å². The number of aromatic amines is 1. The van der Waals surface area contributed by atoms with Gasteiger partial charge < -0.3 is 5.73 Å². The zero-order valence-electron chi connectivity index (χ0n) is 11.5. The Bertz CT molecular complexity index is 790. The van der Waals surface area contributed by atoms with Crippen LogP contribution in [0.2, 0.25) is 0 Å². The number of nitrogens with one attached hydrogen (secondary N) is 1. The molecule has 1 aromatic carbocycles. The molecular weight excluding hydrogens is 297 g/mol. The highest BCUT2D eigenvalue weighted by Gasteiger charge is 2.23. The monoisotopic (exact) mass is 310 g/mol. The topological polar surface area (TPSA) is 75.0 Å². The van der Waals surface area contributed by atoms with E-state index in [1.807, 2.05) is 0 Å². The molecule has 1 aliphatic heterocycles. The number of nitrogen functional groups attached to an aromatic ring is 1. The minimum Gasteiger partial charge on any atom is -0.369 e. The third-order valence-electron chi connectivity index (χ3n) is 3.69. The Hall–Kier alpha value is -2.35. The van der Waals surface area contributed by atoms with Crippen LogP contribution in [-0.4, -0.2) is 21.4 Å². The molecule has 3 rings (SSSR count). The second kappa shape index (κ2) is 5.45. The maximum atomic E-state index is 13.7. The van der Waals surface area contributed by atoms with Crippen molar-refractivity contribution < 1.29 is 13.2 Å². The van der Waals surface area contributed by atoms with Crippen molar-refractivity contribution in [3.8, 4) is 0 Å². The maximum absolute atomic E-state index is 13.7. The lowest BCUT2D eigenvalue weighted by Gasteiger charge is -2.27. The summed E-state index contributed by atoms with van der Waals surface area (Å²) in [4.78, 5) is 20.0. The van der Waals surface area contributed by atoms with Gasteiger partial charge in [0.2, 0.25) is 5.95 Å². The molecule has 0 atom stereocenters. The fraction of sp³-hybridized carbons (Fsp3) is 0.286. The molecule has 0 saturated heterocycles. The molecule has 0 saturated carbocycles. The fourth-order valence-corrected chi connectivity index (χ4v) is 2.57. The molecule has 1 aliphatic rings. The Kier molecular flexibility index (Phi) is 3.61. The van der Waals surface area contributed by atoms with Gasteiger partial charge in [0.15, 0.2) is 11.6 Å². The highest BCUT2D eigenvalue weighted by atomic mass is 19.2. The van der Waals surface area contributed by atoms with Crippen LogP contribution in [0.25, 0.3) is 0 Å². The summed E-state index contributed by atoms with van der Waals surface area (Å²) in [5.74, 6) is -3.07. The number of H-pyrrole nitrogens is 1. The first-order valence-corrected chi connectivity index (χ1v) is 6.68. The van der Waals surface area contributed by atoms with Gasteiger partial charge in [0, 0.05) is 31.6 Å². The van der Waals surface area contributed by atoms with Crippen LogP contribution < -0.4 is 11.3 Å². The molecular formula is C14H13F3N4O. The Balaban J connectivity index is 1.88. The molecule has 116 valence electrons. The summed E-state index contributed by atoms with van der Waals surface area (Å²) < 4.78 is 40.6. The first kappa shape index (κ1) is 14.6. The number of fused-ring (bicyclic) bond motifs is 1. The molecule has 22 heavy (non-hydrogen) atoms. The first-order chi connectivity index (χ1) is 10.5. The number of aromatic nitrogens is 2.